The second kappa shape index (κ2) is 29.4. The molecule has 0 saturated heterocycles. The van der Waals surface area contributed by atoms with Gasteiger partial charge in [0, 0.05) is 0 Å². The van der Waals surface area contributed by atoms with E-state index < -0.39 is 6.16 Å². The monoisotopic (exact) mass is 168 g/mol. The van der Waals surface area contributed by atoms with E-state index in [-0.39, 0.29) is 37.1 Å². The summed E-state index contributed by atoms with van der Waals surface area (Å²) < 4.78 is 0. The number of hydrogen-bond acceptors (Lipinski definition) is 3. The van der Waals surface area contributed by atoms with E-state index in [1.165, 1.54) is 0 Å². The number of carboxylic acid groups (broad SMARTS) is 2. The molecule has 8 heavy (non-hydrogen) atoms. The highest BCUT2D eigenvalue weighted by Gasteiger charge is 1.70. The molecule has 0 unspecified atom stereocenters. The lowest BCUT2D eigenvalue weighted by Crippen LogP contribution is -1.81. The average molecular weight is 169 g/mol. The lowest BCUT2D eigenvalue weighted by molar-refractivity contribution is 0.137. The minimum Gasteiger partial charge on any atom is -0.450 e. The highest BCUT2D eigenvalue weighted by Crippen LogP contribution is 1.42. The molecule has 0 amide bonds. The maximum atomic E-state index is 8.56. The number of rotatable bonds is 0. The van der Waals surface area contributed by atoms with Crippen LogP contribution in [0.15, 0.2) is 0 Å². The Morgan fingerprint density at radius 3 is 1.00 bits per heavy atom. The van der Waals surface area contributed by atoms with Crippen LogP contribution in [0.1, 0.15) is 0 Å². The molecule has 0 spiro atoms. The Labute approximate surface area is 59.1 Å². The predicted octanol–water partition coefficient (Wildman–Crippen LogP) is 1.39. The van der Waals surface area contributed by atoms with Crippen molar-refractivity contribution >= 4 is 31.0 Å². The maximum Gasteiger partial charge on any atom is 0.503 e. The van der Waals surface area contributed by atoms with Gasteiger partial charge in [-0.3, -0.25) is 0 Å². The van der Waals surface area contributed by atoms with Gasteiger partial charge in [-0.1, -0.05) is 0 Å². The molecule has 0 heterocycles. The zero-order valence-corrected chi connectivity index (χ0v) is 5.67. The average Bonchev–Trinajstić information content (AvgIpc) is 0.811. The standard InChI is InChI=1S/CH2O3.2ClH.2H3N/c2-1(3)4;;;;/h(H2,2,3,4);2*1H;2*1H3. The topological polar surface area (TPSA) is 128 Å². The fourth-order valence-corrected chi connectivity index (χ4v) is 0. The van der Waals surface area contributed by atoms with Crippen LogP contribution in [0.4, 0.5) is 4.79 Å². The third kappa shape index (κ3) is 2480. The van der Waals surface area contributed by atoms with Gasteiger partial charge in [0.25, 0.3) is 0 Å². The molecule has 7 heteroatoms. The van der Waals surface area contributed by atoms with Crippen molar-refractivity contribution in [3.8, 4) is 0 Å². The third-order valence-electron chi connectivity index (χ3n) is 0. The molecule has 0 saturated carbocycles. The summed E-state index contributed by atoms with van der Waals surface area (Å²) in [5.74, 6) is 0. The molecule has 0 radical (unpaired) electrons. The van der Waals surface area contributed by atoms with Gasteiger partial charge in [-0.15, -0.1) is 24.8 Å². The van der Waals surface area contributed by atoms with E-state index in [9.17, 15) is 0 Å². The van der Waals surface area contributed by atoms with Gasteiger partial charge >= 0.3 is 6.16 Å². The Balaban J connectivity index is -0.00000000750. The minimum absolute atomic E-state index is 0. The summed E-state index contributed by atoms with van der Waals surface area (Å²) in [7, 11) is 0. The zero-order chi connectivity index (χ0) is 3.58. The van der Waals surface area contributed by atoms with Crippen LogP contribution < -0.4 is 12.3 Å². The molecule has 0 aromatic carbocycles. The molecular weight excluding hydrogens is 159 g/mol. The highest BCUT2D eigenvalue weighted by molar-refractivity contribution is 5.85. The first-order chi connectivity index (χ1) is 1.73. The van der Waals surface area contributed by atoms with Crippen LogP contribution in [0.25, 0.3) is 0 Å². The van der Waals surface area contributed by atoms with Crippen molar-refractivity contribution in [2.45, 2.75) is 0 Å². The SMILES string of the molecule is Cl.Cl.N.N.O=C(O)O. The fourth-order valence-electron chi connectivity index (χ4n) is 0. The van der Waals surface area contributed by atoms with E-state index in [1.807, 2.05) is 0 Å². The van der Waals surface area contributed by atoms with Crippen LogP contribution in [0.5, 0.6) is 0 Å². The van der Waals surface area contributed by atoms with Gasteiger partial charge in [-0.2, -0.15) is 0 Å². The second-order valence-corrected chi connectivity index (χ2v) is 0.283. The van der Waals surface area contributed by atoms with Crippen molar-refractivity contribution in [3.05, 3.63) is 0 Å². The van der Waals surface area contributed by atoms with E-state index in [2.05, 4.69) is 0 Å². The first-order valence-electron chi connectivity index (χ1n) is 0.651. The van der Waals surface area contributed by atoms with Crippen LogP contribution in [-0.4, -0.2) is 16.4 Å². The van der Waals surface area contributed by atoms with E-state index in [0.29, 0.717) is 0 Å². The van der Waals surface area contributed by atoms with Gasteiger partial charge in [-0.25, -0.2) is 4.79 Å². The summed E-state index contributed by atoms with van der Waals surface area (Å²) in [6, 6.07) is 0. The summed E-state index contributed by atoms with van der Waals surface area (Å²) in [6.07, 6.45) is -1.83. The molecule has 0 rings (SSSR count). The molecular formula is CH10Cl2N2O3. The Morgan fingerprint density at radius 1 is 1.00 bits per heavy atom. The maximum absolute atomic E-state index is 8.56. The van der Waals surface area contributed by atoms with Crippen LogP contribution in [0.2, 0.25) is 0 Å². The lowest BCUT2D eigenvalue weighted by Gasteiger charge is -1.60. The van der Waals surface area contributed by atoms with Crippen LogP contribution in [-0.2, 0) is 0 Å². The van der Waals surface area contributed by atoms with Crippen molar-refractivity contribution in [2.24, 2.45) is 0 Å². The van der Waals surface area contributed by atoms with Gasteiger partial charge in [0.2, 0.25) is 0 Å². The van der Waals surface area contributed by atoms with E-state index in [4.69, 9.17) is 15.0 Å². The highest BCUT2D eigenvalue weighted by atomic mass is 35.5. The smallest absolute Gasteiger partial charge is 0.450 e. The largest absolute Gasteiger partial charge is 0.503 e. The van der Waals surface area contributed by atoms with Crippen molar-refractivity contribution in [3.63, 3.8) is 0 Å². The predicted molar refractivity (Wildman–Crippen MR) is 35.2 cm³/mol. The van der Waals surface area contributed by atoms with Crippen LogP contribution >= 0.6 is 24.8 Å². The van der Waals surface area contributed by atoms with Crippen molar-refractivity contribution in [1.82, 2.24) is 12.3 Å². The molecule has 56 valence electrons. The summed E-state index contributed by atoms with van der Waals surface area (Å²) in [5, 5.41) is 13.9. The third-order valence-corrected chi connectivity index (χ3v) is 0. The molecule has 5 nitrogen and oxygen atoms in total. The molecule has 0 atom stereocenters. The number of halogens is 2. The van der Waals surface area contributed by atoms with Gasteiger partial charge in [0.05, 0.1) is 0 Å². The summed E-state index contributed by atoms with van der Waals surface area (Å²) in [5.41, 5.74) is 0. The molecule has 8 N–H and O–H groups in total. The molecule has 0 bridgehead atoms. The van der Waals surface area contributed by atoms with Gasteiger partial charge in [0.15, 0.2) is 0 Å². The first-order valence-corrected chi connectivity index (χ1v) is 0.651. The molecule has 0 fully saturated rings. The Morgan fingerprint density at radius 2 is 1.00 bits per heavy atom. The van der Waals surface area contributed by atoms with Crippen LogP contribution in [0.3, 0.4) is 0 Å². The molecule has 0 aliphatic rings. The molecule has 0 aliphatic heterocycles. The minimum atomic E-state index is -1.83. The van der Waals surface area contributed by atoms with Crippen molar-refractivity contribution < 1.29 is 15.0 Å². The zero-order valence-electron chi connectivity index (χ0n) is 4.03. The Hall–Kier alpha value is -0.230. The van der Waals surface area contributed by atoms with Crippen LogP contribution in [0, 0.1) is 0 Å². The molecule has 0 aromatic rings. The van der Waals surface area contributed by atoms with E-state index in [0.717, 1.165) is 0 Å². The van der Waals surface area contributed by atoms with Gasteiger partial charge in [-0.05, 0) is 0 Å². The van der Waals surface area contributed by atoms with Crippen molar-refractivity contribution in [2.75, 3.05) is 0 Å². The second-order valence-electron chi connectivity index (χ2n) is 0.283. The summed E-state index contributed by atoms with van der Waals surface area (Å²) in [6.45, 7) is 0. The quantitative estimate of drug-likeness (QED) is 0.435. The van der Waals surface area contributed by atoms with E-state index >= 15 is 0 Å². The van der Waals surface area contributed by atoms with E-state index in [1.54, 1.807) is 0 Å². The Kier molecular flexibility index (Phi) is 170. The lowest BCUT2D eigenvalue weighted by atomic mass is 11.5. The first kappa shape index (κ1) is 46.4. The molecule has 0 aromatic heterocycles. The van der Waals surface area contributed by atoms with Gasteiger partial charge < -0.3 is 22.5 Å². The Bertz CT molecular complexity index is 38.3. The summed E-state index contributed by atoms with van der Waals surface area (Å²) in [4.78, 5) is 8.56. The number of carbonyl (C=O) groups is 1. The normalized spacial score (nSPS) is 3.00. The number of hydrogen-bond donors (Lipinski definition) is 4. The summed E-state index contributed by atoms with van der Waals surface area (Å²) >= 11 is 0. The molecule has 0 aliphatic carbocycles. The van der Waals surface area contributed by atoms with Gasteiger partial charge in [0.1, 0.15) is 0 Å². The van der Waals surface area contributed by atoms with Crippen molar-refractivity contribution in [1.29, 1.82) is 0 Å². The fraction of sp³-hybridized carbons (Fsp3) is 0.